The van der Waals surface area contributed by atoms with E-state index in [1.165, 1.54) is 16.5 Å². The summed E-state index contributed by atoms with van der Waals surface area (Å²) in [5, 5.41) is 1.99. The van der Waals surface area contributed by atoms with Gasteiger partial charge in [-0.1, -0.05) is 37.3 Å². The topological polar surface area (TPSA) is 39.8 Å². The monoisotopic (exact) mass is 329 g/mol. The maximum absolute atomic E-state index is 13.0. The van der Waals surface area contributed by atoms with Crippen molar-refractivity contribution in [2.75, 3.05) is 0 Å². The lowest BCUT2D eigenvalue weighted by Crippen LogP contribution is -2.28. The molecule has 124 valence electrons. The highest BCUT2D eigenvalue weighted by Gasteiger charge is 2.26. The maximum atomic E-state index is 13.0. The van der Waals surface area contributed by atoms with Crippen molar-refractivity contribution in [1.82, 2.24) is 14.1 Å². The minimum Gasteiger partial charge on any atom is -0.338 e. The van der Waals surface area contributed by atoms with E-state index in [2.05, 4.69) is 35.8 Å². The van der Waals surface area contributed by atoms with E-state index in [0.29, 0.717) is 11.9 Å². The lowest BCUT2D eigenvalue weighted by atomic mass is 10.0. The lowest BCUT2D eigenvalue weighted by molar-refractivity contribution is 0.629. The highest BCUT2D eigenvalue weighted by molar-refractivity contribution is 5.92. The Labute approximate surface area is 145 Å². The normalized spacial score (nSPS) is 13.2. The summed E-state index contributed by atoms with van der Waals surface area (Å²) in [7, 11) is 0. The van der Waals surface area contributed by atoms with Crippen LogP contribution in [0.25, 0.3) is 33.3 Å². The van der Waals surface area contributed by atoms with Crippen molar-refractivity contribution in [3.05, 3.63) is 64.4 Å². The van der Waals surface area contributed by atoms with Crippen molar-refractivity contribution in [2.45, 2.75) is 32.9 Å². The third kappa shape index (κ3) is 1.94. The van der Waals surface area contributed by atoms with Gasteiger partial charge in [-0.3, -0.25) is 9.36 Å². The zero-order valence-corrected chi connectivity index (χ0v) is 14.2. The lowest BCUT2D eigenvalue weighted by Gasteiger charge is -2.21. The molecule has 0 saturated carbocycles. The van der Waals surface area contributed by atoms with Crippen LogP contribution in [-0.4, -0.2) is 14.1 Å². The fourth-order valence-corrected chi connectivity index (χ4v) is 4.12. The van der Waals surface area contributed by atoms with E-state index in [1.54, 1.807) is 0 Å². The summed E-state index contributed by atoms with van der Waals surface area (Å²) in [4.78, 5) is 17.9. The van der Waals surface area contributed by atoms with E-state index in [0.717, 1.165) is 36.4 Å². The van der Waals surface area contributed by atoms with Crippen LogP contribution in [0.4, 0.5) is 0 Å². The Morgan fingerprint density at radius 2 is 1.80 bits per heavy atom. The fourth-order valence-electron chi connectivity index (χ4n) is 4.12. The van der Waals surface area contributed by atoms with Crippen LogP contribution in [0.2, 0.25) is 0 Å². The molecule has 4 aromatic rings. The van der Waals surface area contributed by atoms with Gasteiger partial charge >= 0.3 is 0 Å². The molecule has 0 amide bonds. The average molecular weight is 329 g/mol. The van der Waals surface area contributed by atoms with Crippen LogP contribution in [0.1, 0.15) is 18.9 Å². The minimum atomic E-state index is 0.0690. The zero-order valence-electron chi connectivity index (χ0n) is 14.2. The Bertz CT molecular complexity index is 1180. The van der Waals surface area contributed by atoms with Crippen molar-refractivity contribution >= 4 is 21.8 Å². The van der Waals surface area contributed by atoms with Crippen LogP contribution in [0.15, 0.2) is 53.3 Å². The van der Waals surface area contributed by atoms with Gasteiger partial charge in [0.2, 0.25) is 0 Å². The molecular weight excluding hydrogens is 310 g/mol. The number of rotatable bonds is 2. The van der Waals surface area contributed by atoms with Gasteiger partial charge in [-0.2, -0.15) is 0 Å². The largest absolute Gasteiger partial charge is 0.338 e. The number of hydrogen-bond acceptors (Lipinski definition) is 2. The Kier molecular flexibility index (Phi) is 3.07. The molecule has 0 atom stereocenters. The molecule has 0 spiro atoms. The molecule has 1 aliphatic heterocycles. The molecule has 0 saturated heterocycles. The zero-order chi connectivity index (χ0) is 17.0. The molecule has 0 N–H and O–H groups in total. The Morgan fingerprint density at radius 1 is 1.04 bits per heavy atom. The highest BCUT2D eigenvalue weighted by atomic mass is 16.1. The summed E-state index contributed by atoms with van der Waals surface area (Å²) in [5.41, 5.74) is 4.54. The van der Waals surface area contributed by atoms with E-state index >= 15 is 0 Å². The second kappa shape index (κ2) is 5.31. The summed E-state index contributed by atoms with van der Waals surface area (Å²) in [6.07, 6.45) is 1.92. The van der Waals surface area contributed by atoms with Crippen LogP contribution < -0.4 is 5.56 Å². The van der Waals surface area contributed by atoms with E-state index in [-0.39, 0.29) is 5.56 Å². The predicted molar refractivity (Wildman–Crippen MR) is 101 cm³/mol. The standard InChI is InChI=1S/C21H19N3O/c1-2-12-23-18-10-6-4-7-14(18)15-11-13-24-20(19(15)23)22-17-9-5-3-8-16(17)21(24)25/h3-10H,2,11-13H2,1H3. The molecule has 2 aromatic heterocycles. The first-order valence-electron chi connectivity index (χ1n) is 8.89. The van der Waals surface area contributed by atoms with Gasteiger partial charge < -0.3 is 4.57 Å². The summed E-state index contributed by atoms with van der Waals surface area (Å²) in [5.74, 6) is 0.814. The molecular formula is C21H19N3O. The molecule has 0 bridgehead atoms. The number of aromatic nitrogens is 3. The molecule has 0 aliphatic carbocycles. The first-order valence-corrected chi connectivity index (χ1v) is 8.89. The first-order chi connectivity index (χ1) is 12.3. The summed E-state index contributed by atoms with van der Waals surface area (Å²) in [6.45, 7) is 3.81. The molecule has 2 aromatic carbocycles. The molecule has 4 nitrogen and oxygen atoms in total. The third-order valence-corrected chi connectivity index (χ3v) is 5.18. The minimum absolute atomic E-state index is 0.0690. The van der Waals surface area contributed by atoms with Crippen molar-refractivity contribution in [3.63, 3.8) is 0 Å². The van der Waals surface area contributed by atoms with Crippen LogP contribution in [0, 0.1) is 0 Å². The van der Waals surface area contributed by atoms with Gasteiger partial charge in [0.15, 0.2) is 5.82 Å². The summed E-state index contributed by atoms with van der Waals surface area (Å²) >= 11 is 0. The number of fused-ring (bicyclic) bond motifs is 6. The number of para-hydroxylation sites is 2. The van der Waals surface area contributed by atoms with Gasteiger partial charge in [0.05, 0.1) is 16.6 Å². The molecule has 1 aliphatic rings. The number of nitrogens with zero attached hydrogens (tertiary/aromatic N) is 3. The van der Waals surface area contributed by atoms with Gasteiger partial charge in [-0.05, 0) is 36.6 Å². The molecule has 0 fully saturated rings. The average Bonchev–Trinajstić information content (AvgIpc) is 2.97. The van der Waals surface area contributed by atoms with E-state index in [9.17, 15) is 4.79 Å². The number of hydrogen-bond donors (Lipinski definition) is 0. The van der Waals surface area contributed by atoms with Crippen LogP contribution in [0.5, 0.6) is 0 Å². The van der Waals surface area contributed by atoms with E-state index < -0.39 is 0 Å². The smallest absolute Gasteiger partial charge is 0.261 e. The van der Waals surface area contributed by atoms with Crippen LogP contribution in [0.3, 0.4) is 0 Å². The van der Waals surface area contributed by atoms with Crippen LogP contribution in [-0.2, 0) is 19.5 Å². The van der Waals surface area contributed by atoms with Gasteiger partial charge in [-0.15, -0.1) is 0 Å². The maximum Gasteiger partial charge on any atom is 0.261 e. The molecule has 5 rings (SSSR count). The molecule has 0 unspecified atom stereocenters. The third-order valence-electron chi connectivity index (χ3n) is 5.18. The molecule has 0 radical (unpaired) electrons. The number of benzene rings is 2. The van der Waals surface area contributed by atoms with Crippen molar-refractivity contribution in [1.29, 1.82) is 0 Å². The van der Waals surface area contributed by atoms with E-state index in [4.69, 9.17) is 4.98 Å². The van der Waals surface area contributed by atoms with Crippen molar-refractivity contribution < 1.29 is 0 Å². The first kappa shape index (κ1) is 14.5. The molecule has 4 heteroatoms. The quantitative estimate of drug-likeness (QED) is 0.558. The SMILES string of the molecule is CCCn1c2c(c3ccccc31)CCn1c-2nc2ccccc2c1=O. The predicted octanol–water partition coefficient (Wildman–Crippen LogP) is 3.98. The van der Waals surface area contributed by atoms with Crippen molar-refractivity contribution in [2.24, 2.45) is 0 Å². The van der Waals surface area contributed by atoms with E-state index in [1.807, 2.05) is 28.8 Å². The second-order valence-corrected chi connectivity index (χ2v) is 6.66. The Hall–Kier alpha value is -2.88. The van der Waals surface area contributed by atoms with Gasteiger partial charge in [0.25, 0.3) is 5.56 Å². The highest BCUT2D eigenvalue weighted by Crippen LogP contribution is 2.36. The Morgan fingerprint density at radius 3 is 2.64 bits per heavy atom. The van der Waals surface area contributed by atoms with Gasteiger partial charge in [-0.25, -0.2) is 4.98 Å². The van der Waals surface area contributed by atoms with Gasteiger partial charge in [0.1, 0.15) is 0 Å². The fraction of sp³-hybridized carbons (Fsp3) is 0.238. The second-order valence-electron chi connectivity index (χ2n) is 6.66. The van der Waals surface area contributed by atoms with Crippen LogP contribution >= 0.6 is 0 Å². The van der Waals surface area contributed by atoms with Gasteiger partial charge in [0, 0.05) is 24.0 Å². The summed E-state index contributed by atoms with van der Waals surface area (Å²) in [6, 6.07) is 16.2. The molecule has 25 heavy (non-hydrogen) atoms. The summed E-state index contributed by atoms with van der Waals surface area (Å²) < 4.78 is 4.20. The number of aryl methyl sites for hydroxylation is 2. The van der Waals surface area contributed by atoms with Crippen molar-refractivity contribution in [3.8, 4) is 11.5 Å². The Balaban J connectivity index is 1.93. The molecule has 3 heterocycles.